The smallest absolute Gasteiger partial charge is 0.0351 e. The van der Waals surface area contributed by atoms with E-state index < -0.39 is 0 Å². The summed E-state index contributed by atoms with van der Waals surface area (Å²) in [5.74, 6) is 1.79. The average Bonchev–Trinajstić information content (AvgIpc) is 1.98. The van der Waals surface area contributed by atoms with Gasteiger partial charge in [-0.3, -0.25) is 0 Å². The van der Waals surface area contributed by atoms with Gasteiger partial charge in [0.05, 0.1) is 0 Å². The molecule has 0 aromatic heterocycles. The van der Waals surface area contributed by atoms with Crippen LogP contribution in [0.1, 0.15) is 67.2 Å². The maximum Gasteiger partial charge on any atom is -0.0351 e. The molecule has 0 aromatic rings. The fourth-order valence-corrected chi connectivity index (χ4v) is 3.03. The van der Waals surface area contributed by atoms with E-state index >= 15 is 0 Å². The second kappa shape index (κ2) is 3.87. The minimum absolute atomic E-state index is 0.561. The van der Waals surface area contributed by atoms with Crippen LogP contribution >= 0.6 is 0 Å². The predicted molar refractivity (Wildman–Crippen MR) is 64.4 cm³/mol. The first kappa shape index (κ1) is 12.1. The normalized spacial score (nSPS) is 37.3. The van der Waals surface area contributed by atoms with Gasteiger partial charge in [-0.05, 0) is 48.3 Å². The maximum absolute atomic E-state index is 2.44. The van der Waals surface area contributed by atoms with Gasteiger partial charge in [0.25, 0.3) is 0 Å². The minimum atomic E-state index is 0.561. The highest BCUT2D eigenvalue weighted by molar-refractivity contribution is 4.84. The van der Waals surface area contributed by atoms with Crippen LogP contribution in [0.3, 0.4) is 0 Å². The maximum atomic E-state index is 2.44. The minimum Gasteiger partial charge on any atom is -0.0622 e. The highest BCUT2D eigenvalue weighted by Crippen LogP contribution is 2.44. The van der Waals surface area contributed by atoms with Crippen molar-refractivity contribution in [3.8, 4) is 0 Å². The molecule has 0 heteroatoms. The molecule has 0 saturated heterocycles. The molecule has 0 bridgehead atoms. The quantitative estimate of drug-likeness (QED) is 0.518. The van der Waals surface area contributed by atoms with Gasteiger partial charge in [0.1, 0.15) is 0 Å². The van der Waals surface area contributed by atoms with Crippen molar-refractivity contribution in [2.75, 3.05) is 0 Å². The molecule has 14 heavy (non-hydrogen) atoms. The molecule has 0 radical (unpaired) electrons. The lowest BCUT2D eigenvalue weighted by atomic mass is 9.65. The molecule has 0 spiro atoms. The molecule has 1 rings (SSSR count). The molecule has 0 aromatic carbocycles. The Morgan fingerprint density at radius 2 is 1.00 bits per heavy atom. The van der Waals surface area contributed by atoms with Gasteiger partial charge >= 0.3 is 0 Å². The zero-order chi connectivity index (χ0) is 11.0. The SMILES string of the molecule is CC1CC(C)(C)CCC(C)(C)CC1C. The van der Waals surface area contributed by atoms with Crippen LogP contribution in [0, 0.1) is 22.7 Å². The molecule has 2 atom stereocenters. The predicted octanol–water partition coefficient (Wildman–Crippen LogP) is 4.89. The second-order valence-corrected chi connectivity index (χ2v) is 7.19. The monoisotopic (exact) mass is 196 g/mol. The van der Waals surface area contributed by atoms with E-state index in [2.05, 4.69) is 41.5 Å². The summed E-state index contributed by atoms with van der Waals surface area (Å²) in [6.45, 7) is 14.6. The standard InChI is InChI=1S/C14H28/c1-11-9-13(3,4)7-8-14(5,6)10-12(11)2/h11-12H,7-10H2,1-6H3. The Morgan fingerprint density at radius 3 is 1.29 bits per heavy atom. The Bertz CT molecular complexity index is 166. The Labute approximate surface area is 90.5 Å². The summed E-state index contributed by atoms with van der Waals surface area (Å²) in [7, 11) is 0. The van der Waals surface area contributed by atoms with Gasteiger partial charge in [-0.15, -0.1) is 0 Å². The molecule has 0 heterocycles. The van der Waals surface area contributed by atoms with E-state index in [0.29, 0.717) is 10.8 Å². The molecular weight excluding hydrogens is 168 g/mol. The zero-order valence-corrected chi connectivity index (χ0v) is 11.0. The highest BCUT2D eigenvalue weighted by atomic mass is 14.4. The average molecular weight is 196 g/mol. The Hall–Kier alpha value is 0. The fourth-order valence-electron chi connectivity index (χ4n) is 3.03. The van der Waals surface area contributed by atoms with Gasteiger partial charge in [0.2, 0.25) is 0 Å². The van der Waals surface area contributed by atoms with E-state index in [0.717, 1.165) is 11.8 Å². The van der Waals surface area contributed by atoms with E-state index in [4.69, 9.17) is 0 Å². The van der Waals surface area contributed by atoms with Gasteiger partial charge < -0.3 is 0 Å². The molecule has 1 aliphatic carbocycles. The van der Waals surface area contributed by atoms with Crippen molar-refractivity contribution in [1.29, 1.82) is 0 Å². The van der Waals surface area contributed by atoms with Gasteiger partial charge in [0.15, 0.2) is 0 Å². The van der Waals surface area contributed by atoms with Gasteiger partial charge in [-0.2, -0.15) is 0 Å². The highest BCUT2D eigenvalue weighted by Gasteiger charge is 2.32. The number of rotatable bonds is 0. The molecular formula is C14H28. The van der Waals surface area contributed by atoms with Crippen LogP contribution in [0.4, 0.5) is 0 Å². The summed E-state index contributed by atoms with van der Waals surface area (Å²) in [6, 6.07) is 0. The zero-order valence-electron chi connectivity index (χ0n) is 11.0. The third-order valence-corrected chi connectivity index (χ3v) is 4.20. The molecule has 2 unspecified atom stereocenters. The van der Waals surface area contributed by atoms with Crippen molar-refractivity contribution >= 4 is 0 Å². The fraction of sp³-hybridized carbons (Fsp3) is 1.00. The van der Waals surface area contributed by atoms with Crippen molar-refractivity contribution in [2.45, 2.75) is 67.2 Å². The molecule has 1 aliphatic rings. The van der Waals surface area contributed by atoms with Gasteiger partial charge in [-0.1, -0.05) is 41.5 Å². The summed E-state index contributed by atoms with van der Waals surface area (Å²) in [6.07, 6.45) is 5.61. The lowest BCUT2D eigenvalue weighted by Crippen LogP contribution is -2.29. The number of hydrogen-bond donors (Lipinski definition) is 0. The van der Waals surface area contributed by atoms with Crippen LogP contribution in [-0.4, -0.2) is 0 Å². The van der Waals surface area contributed by atoms with E-state index in [9.17, 15) is 0 Å². The lowest BCUT2D eigenvalue weighted by molar-refractivity contribution is 0.109. The summed E-state index contributed by atoms with van der Waals surface area (Å²) in [5.41, 5.74) is 1.12. The second-order valence-electron chi connectivity index (χ2n) is 7.19. The van der Waals surface area contributed by atoms with Crippen molar-refractivity contribution in [3.05, 3.63) is 0 Å². The van der Waals surface area contributed by atoms with E-state index in [-0.39, 0.29) is 0 Å². The molecule has 0 aliphatic heterocycles. The third kappa shape index (κ3) is 3.29. The molecule has 0 amide bonds. The van der Waals surface area contributed by atoms with Crippen molar-refractivity contribution in [3.63, 3.8) is 0 Å². The lowest BCUT2D eigenvalue weighted by Gasteiger charge is -2.40. The van der Waals surface area contributed by atoms with E-state index in [1.807, 2.05) is 0 Å². The van der Waals surface area contributed by atoms with Crippen LogP contribution in [0.2, 0.25) is 0 Å². The van der Waals surface area contributed by atoms with Gasteiger partial charge in [0, 0.05) is 0 Å². The molecule has 1 saturated carbocycles. The molecule has 84 valence electrons. The molecule has 1 fully saturated rings. The van der Waals surface area contributed by atoms with Crippen LogP contribution < -0.4 is 0 Å². The van der Waals surface area contributed by atoms with Crippen LogP contribution in [0.5, 0.6) is 0 Å². The van der Waals surface area contributed by atoms with Crippen LogP contribution in [0.25, 0.3) is 0 Å². The molecule has 0 nitrogen and oxygen atoms in total. The van der Waals surface area contributed by atoms with E-state index in [1.165, 1.54) is 25.7 Å². The van der Waals surface area contributed by atoms with Crippen LogP contribution in [-0.2, 0) is 0 Å². The summed E-state index contributed by atoms with van der Waals surface area (Å²) < 4.78 is 0. The van der Waals surface area contributed by atoms with Crippen molar-refractivity contribution < 1.29 is 0 Å². The number of hydrogen-bond acceptors (Lipinski definition) is 0. The topological polar surface area (TPSA) is 0 Å². The summed E-state index contributed by atoms with van der Waals surface area (Å²) in [5, 5.41) is 0. The molecule has 0 N–H and O–H groups in total. The first-order valence-electron chi connectivity index (χ1n) is 6.22. The Kier molecular flexibility index (Phi) is 3.33. The Balaban J connectivity index is 2.74. The summed E-state index contributed by atoms with van der Waals surface area (Å²) in [4.78, 5) is 0. The first-order valence-corrected chi connectivity index (χ1v) is 6.22. The largest absolute Gasteiger partial charge is 0.0622 e. The van der Waals surface area contributed by atoms with E-state index in [1.54, 1.807) is 0 Å². The van der Waals surface area contributed by atoms with Crippen LogP contribution in [0.15, 0.2) is 0 Å². The Morgan fingerprint density at radius 1 is 0.714 bits per heavy atom. The van der Waals surface area contributed by atoms with Crippen molar-refractivity contribution in [2.24, 2.45) is 22.7 Å². The van der Waals surface area contributed by atoms with Crippen molar-refractivity contribution in [1.82, 2.24) is 0 Å². The third-order valence-electron chi connectivity index (χ3n) is 4.20. The first-order chi connectivity index (χ1) is 6.22. The summed E-state index contributed by atoms with van der Waals surface area (Å²) >= 11 is 0. The van der Waals surface area contributed by atoms with Gasteiger partial charge in [-0.25, -0.2) is 0 Å².